The summed E-state index contributed by atoms with van der Waals surface area (Å²) in [6.07, 6.45) is 0.795. The van der Waals surface area contributed by atoms with Gasteiger partial charge >= 0.3 is 0 Å². The number of fused-ring (bicyclic) bond motifs is 1. The maximum atomic E-state index is 11.1. The van der Waals surface area contributed by atoms with Crippen molar-refractivity contribution in [2.75, 3.05) is 13.7 Å². The molecule has 1 N–H and O–H groups in total. The molecule has 3 aromatic rings. The Labute approximate surface area is 142 Å². The molecule has 0 unspecified atom stereocenters. The summed E-state index contributed by atoms with van der Waals surface area (Å²) in [5, 5.41) is 4.06. The Morgan fingerprint density at radius 3 is 2.62 bits per heavy atom. The largest absolute Gasteiger partial charge is 0.497 e. The van der Waals surface area contributed by atoms with Crippen LogP contribution < -0.4 is 10.1 Å². The van der Waals surface area contributed by atoms with Crippen LogP contribution in [0.3, 0.4) is 0 Å². The maximum absolute atomic E-state index is 11.1. The molecule has 2 aromatic carbocycles. The van der Waals surface area contributed by atoms with Crippen molar-refractivity contribution < 1.29 is 9.53 Å². The predicted molar refractivity (Wildman–Crippen MR) is 96.4 cm³/mol. The lowest BCUT2D eigenvalue weighted by atomic mass is 10.2. The molecule has 1 aromatic heterocycles. The highest BCUT2D eigenvalue weighted by molar-refractivity contribution is 5.83. The molecule has 1 amide bonds. The normalized spacial score (nSPS) is 10.8. The lowest BCUT2D eigenvalue weighted by Crippen LogP contribution is -2.23. The van der Waals surface area contributed by atoms with Gasteiger partial charge in [0.2, 0.25) is 5.91 Å². The van der Waals surface area contributed by atoms with Crippen molar-refractivity contribution in [1.29, 1.82) is 0 Å². The molecule has 0 saturated carbocycles. The number of hydrogen-bond donors (Lipinski definition) is 1. The van der Waals surface area contributed by atoms with Crippen LogP contribution in [-0.4, -0.2) is 24.1 Å². The van der Waals surface area contributed by atoms with Crippen LogP contribution in [0.25, 0.3) is 10.9 Å². The highest BCUT2D eigenvalue weighted by Gasteiger charge is 2.10. The van der Waals surface area contributed by atoms with E-state index in [0.717, 1.165) is 24.2 Å². The first kappa shape index (κ1) is 16.1. The fourth-order valence-electron chi connectivity index (χ4n) is 2.94. The van der Waals surface area contributed by atoms with Crippen molar-refractivity contribution in [2.45, 2.75) is 19.9 Å². The first-order valence-electron chi connectivity index (χ1n) is 8.12. The van der Waals surface area contributed by atoms with E-state index in [1.54, 1.807) is 14.0 Å². The third kappa shape index (κ3) is 3.59. The minimum Gasteiger partial charge on any atom is -0.497 e. The van der Waals surface area contributed by atoms with E-state index in [1.807, 2.05) is 12.1 Å². The first-order valence-corrected chi connectivity index (χ1v) is 8.12. The Morgan fingerprint density at radius 1 is 1.12 bits per heavy atom. The number of benzene rings is 2. The highest BCUT2D eigenvalue weighted by atomic mass is 16.5. The summed E-state index contributed by atoms with van der Waals surface area (Å²) in [6, 6.07) is 18.7. The molecule has 0 bridgehead atoms. The molecule has 0 aliphatic heterocycles. The van der Waals surface area contributed by atoms with Crippen LogP contribution in [0.15, 0.2) is 54.6 Å². The van der Waals surface area contributed by atoms with Crippen molar-refractivity contribution in [3.05, 3.63) is 65.9 Å². The minimum absolute atomic E-state index is 0.00221. The third-order valence-electron chi connectivity index (χ3n) is 4.14. The van der Waals surface area contributed by atoms with Crippen molar-refractivity contribution in [3.8, 4) is 5.75 Å². The van der Waals surface area contributed by atoms with Crippen LogP contribution in [0.1, 0.15) is 18.2 Å². The van der Waals surface area contributed by atoms with Gasteiger partial charge in [0.15, 0.2) is 0 Å². The summed E-state index contributed by atoms with van der Waals surface area (Å²) in [5.74, 6) is 0.853. The van der Waals surface area contributed by atoms with E-state index in [4.69, 9.17) is 4.74 Å². The number of nitrogens with zero attached hydrogens (tertiary/aromatic N) is 1. The summed E-state index contributed by atoms with van der Waals surface area (Å²) in [5.41, 5.74) is 3.60. The maximum Gasteiger partial charge on any atom is 0.216 e. The molecule has 0 radical (unpaired) electrons. The zero-order valence-corrected chi connectivity index (χ0v) is 14.1. The van der Waals surface area contributed by atoms with Gasteiger partial charge in [-0.25, -0.2) is 0 Å². The lowest BCUT2D eigenvalue weighted by molar-refractivity contribution is -0.118. The summed E-state index contributed by atoms with van der Waals surface area (Å²) in [6.45, 7) is 2.98. The van der Waals surface area contributed by atoms with Gasteiger partial charge in [0.05, 0.1) is 12.6 Å². The number of hydrogen-bond acceptors (Lipinski definition) is 2. The van der Waals surface area contributed by atoms with Crippen LogP contribution in [0.5, 0.6) is 5.75 Å². The van der Waals surface area contributed by atoms with E-state index in [1.165, 1.54) is 16.6 Å². The van der Waals surface area contributed by atoms with Gasteiger partial charge in [-0.1, -0.05) is 30.3 Å². The van der Waals surface area contributed by atoms with E-state index in [-0.39, 0.29) is 5.91 Å². The van der Waals surface area contributed by atoms with E-state index < -0.39 is 0 Å². The monoisotopic (exact) mass is 322 g/mol. The second-order valence-electron chi connectivity index (χ2n) is 5.87. The fourth-order valence-corrected chi connectivity index (χ4v) is 2.94. The molecular weight excluding hydrogens is 300 g/mol. The second kappa shape index (κ2) is 7.21. The number of ether oxygens (including phenoxy) is 1. The summed E-state index contributed by atoms with van der Waals surface area (Å²) < 4.78 is 7.68. The Bertz CT molecular complexity index is 837. The molecule has 124 valence electrons. The smallest absolute Gasteiger partial charge is 0.216 e. The summed E-state index contributed by atoms with van der Waals surface area (Å²) in [4.78, 5) is 11.1. The molecule has 4 heteroatoms. The second-order valence-corrected chi connectivity index (χ2v) is 5.87. The zero-order chi connectivity index (χ0) is 16.9. The average molecular weight is 322 g/mol. The molecule has 0 atom stereocenters. The van der Waals surface area contributed by atoms with Gasteiger partial charge in [0.25, 0.3) is 0 Å². The quantitative estimate of drug-likeness (QED) is 0.756. The van der Waals surface area contributed by atoms with Crippen LogP contribution in [-0.2, 0) is 17.8 Å². The number of rotatable bonds is 6. The van der Waals surface area contributed by atoms with E-state index >= 15 is 0 Å². The Hall–Kier alpha value is -2.75. The van der Waals surface area contributed by atoms with Crippen molar-refractivity contribution >= 4 is 16.8 Å². The van der Waals surface area contributed by atoms with Crippen LogP contribution >= 0.6 is 0 Å². The summed E-state index contributed by atoms with van der Waals surface area (Å²) >= 11 is 0. The number of methoxy groups -OCH3 is 1. The van der Waals surface area contributed by atoms with Gasteiger partial charge in [0, 0.05) is 43.6 Å². The molecule has 0 spiro atoms. The standard InChI is InChI=1S/C20H22N2O2/c1-15(23)21-11-10-18-12-17-8-9-19(24-2)13-20(17)22(18)14-16-6-4-3-5-7-16/h3-9,12-13H,10-11,14H2,1-2H3,(H,21,23). The molecule has 1 heterocycles. The molecular formula is C20H22N2O2. The topological polar surface area (TPSA) is 43.3 Å². The van der Waals surface area contributed by atoms with Gasteiger partial charge in [-0.2, -0.15) is 0 Å². The van der Waals surface area contributed by atoms with Gasteiger partial charge < -0.3 is 14.6 Å². The predicted octanol–water partition coefficient (Wildman–Crippen LogP) is 3.38. The lowest BCUT2D eigenvalue weighted by Gasteiger charge is -2.12. The van der Waals surface area contributed by atoms with Crippen LogP contribution in [0.4, 0.5) is 0 Å². The van der Waals surface area contributed by atoms with E-state index in [0.29, 0.717) is 6.54 Å². The van der Waals surface area contributed by atoms with Gasteiger partial charge in [-0.15, -0.1) is 0 Å². The molecule has 3 rings (SSSR count). The van der Waals surface area contributed by atoms with Gasteiger partial charge in [0.1, 0.15) is 5.75 Å². The third-order valence-corrected chi connectivity index (χ3v) is 4.14. The first-order chi connectivity index (χ1) is 11.7. The van der Waals surface area contributed by atoms with Crippen molar-refractivity contribution in [1.82, 2.24) is 9.88 Å². The zero-order valence-electron chi connectivity index (χ0n) is 14.1. The summed E-state index contributed by atoms with van der Waals surface area (Å²) in [7, 11) is 1.68. The fraction of sp³-hybridized carbons (Fsp3) is 0.250. The Kier molecular flexibility index (Phi) is 4.85. The average Bonchev–Trinajstić information content (AvgIpc) is 2.92. The van der Waals surface area contributed by atoms with Crippen molar-refractivity contribution in [2.24, 2.45) is 0 Å². The number of amides is 1. The van der Waals surface area contributed by atoms with Crippen LogP contribution in [0, 0.1) is 0 Å². The number of carbonyl (C=O) groups excluding carboxylic acids is 1. The van der Waals surface area contributed by atoms with Crippen LogP contribution in [0.2, 0.25) is 0 Å². The number of aromatic nitrogens is 1. The molecule has 0 aliphatic carbocycles. The number of nitrogens with one attached hydrogen (secondary N) is 1. The molecule has 0 aliphatic rings. The minimum atomic E-state index is 0.00221. The highest BCUT2D eigenvalue weighted by Crippen LogP contribution is 2.26. The Balaban J connectivity index is 1.98. The molecule has 0 fully saturated rings. The van der Waals surface area contributed by atoms with Gasteiger partial charge in [-0.05, 0) is 23.8 Å². The Morgan fingerprint density at radius 2 is 1.92 bits per heavy atom. The molecule has 24 heavy (non-hydrogen) atoms. The van der Waals surface area contributed by atoms with Crippen molar-refractivity contribution in [3.63, 3.8) is 0 Å². The molecule has 4 nitrogen and oxygen atoms in total. The SMILES string of the molecule is COc1ccc2cc(CCNC(C)=O)n(Cc3ccccc3)c2c1. The molecule has 0 saturated heterocycles. The van der Waals surface area contributed by atoms with E-state index in [2.05, 4.69) is 52.3 Å². The van der Waals surface area contributed by atoms with E-state index in [9.17, 15) is 4.79 Å². The number of carbonyl (C=O) groups is 1. The van der Waals surface area contributed by atoms with Gasteiger partial charge in [-0.3, -0.25) is 4.79 Å².